The summed E-state index contributed by atoms with van der Waals surface area (Å²) in [4.78, 5) is 0. The summed E-state index contributed by atoms with van der Waals surface area (Å²) in [5.74, 6) is 0. The van der Waals surface area contributed by atoms with Gasteiger partial charge in [0.1, 0.15) is 0 Å². The van der Waals surface area contributed by atoms with E-state index >= 15 is 0 Å². The molecule has 0 aliphatic carbocycles. The molecule has 2 nitrogen and oxygen atoms in total. The molecule has 0 heterocycles. The summed E-state index contributed by atoms with van der Waals surface area (Å²) in [5, 5.41) is 21.2. The van der Waals surface area contributed by atoms with Crippen LogP contribution in [0.25, 0.3) is 22.3 Å². The lowest BCUT2D eigenvalue weighted by atomic mass is 9.83. The third kappa shape index (κ3) is 3.76. The molecule has 3 rings (SSSR count). The van der Waals surface area contributed by atoms with Crippen LogP contribution in [0.2, 0.25) is 0 Å². The van der Waals surface area contributed by atoms with E-state index in [-0.39, 0.29) is 0 Å². The van der Waals surface area contributed by atoms with Gasteiger partial charge in [-0.3, -0.25) is 0 Å². The van der Waals surface area contributed by atoms with Gasteiger partial charge < -0.3 is 10.2 Å². The van der Waals surface area contributed by atoms with Crippen molar-refractivity contribution < 1.29 is 10.2 Å². The minimum Gasteiger partial charge on any atom is -0.386 e. The van der Waals surface area contributed by atoms with Crippen LogP contribution in [0.3, 0.4) is 0 Å². The van der Waals surface area contributed by atoms with Crippen molar-refractivity contribution in [3.8, 4) is 22.3 Å². The zero-order valence-electron chi connectivity index (χ0n) is 17.7. The van der Waals surface area contributed by atoms with Crippen LogP contribution in [0.5, 0.6) is 0 Å². The molecule has 0 fully saturated rings. The van der Waals surface area contributed by atoms with Crippen molar-refractivity contribution in [3.05, 3.63) is 82.9 Å². The lowest BCUT2D eigenvalue weighted by molar-refractivity contribution is 0.0786. The molecule has 0 amide bonds. The Morgan fingerprint density at radius 2 is 0.821 bits per heavy atom. The first-order valence-corrected chi connectivity index (χ1v) is 9.76. The van der Waals surface area contributed by atoms with E-state index in [1.807, 2.05) is 64.1 Å². The number of hydrogen-bond donors (Lipinski definition) is 2. The summed E-state index contributed by atoms with van der Waals surface area (Å²) in [7, 11) is 0. The fourth-order valence-corrected chi connectivity index (χ4v) is 3.91. The molecular weight excluding hydrogens is 344 g/mol. The van der Waals surface area contributed by atoms with E-state index in [1.54, 1.807) is 0 Å². The topological polar surface area (TPSA) is 40.5 Å². The first-order chi connectivity index (χ1) is 13.0. The number of hydrogen-bond acceptors (Lipinski definition) is 2. The smallest absolute Gasteiger partial charge is 0.0846 e. The van der Waals surface area contributed by atoms with E-state index < -0.39 is 11.2 Å². The van der Waals surface area contributed by atoms with Crippen LogP contribution in [0.4, 0.5) is 0 Å². The second kappa shape index (κ2) is 7.20. The Balaban J connectivity index is 2.21. The lowest BCUT2D eigenvalue weighted by Gasteiger charge is -2.25. The highest BCUT2D eigenvalue weighted by Crippen LogP contribution is 2.39. The highest BCUT2D eigenvalue weighted by Gasteiger charge is 2.24. The summed E-state index contributed by atoms with van der Waals surface area (Å²) in [5.41, 5.74) is 6.73. The molecule has 28 heavy (non-hydrogen) atoms. The van der Waals surface area contributed by atoms with Gasteiger partial charge in [0, 0.05) is 0 Å². The molecule has 0 unspecified atom stereocenters. The summed E-state index contributed by atoms with van der Waals surface area (Å²) < 4.78 is 0. The Morgan fingerprint density at radius 1 is 0.500 bits per heavy atom. The summed E-state index contributed by atoms with van der Waals surface area (Å²) in [6.45, 7) is 11.5. The molecule has 0 saturated carbocycles. The van der Waals surface area contributed by atoms with Gasteiger partial charge in [-0.15, -0.1) is 0 Å². The maximum Gasteiger partial charge on any atom is 0.0846 e. The third-order valence-corrected chi connectivity index (χ3v) is 5.54. The van der Waals surface area contributed by atoms with Crippen molar-refractivity contribution in [2.45, 2.75) is 52.7 Å². The van der Waals surface area contributed by atoms with Crippen LogP contribution in [-0.4, -0.2) is 10.2 Å². The van der Waals surface area contributed by atoms with Crippen LogP contribution in [0, 0.1) is 13.8 Å². The predicted molar refractivity (Wildman–Crippen MR) is 117 cm³/mol. The molecule has 0 bridgehead atoms. The second-order valence-electron chi connectivity index (χ2n) is 8.62. The van der Waals surface area contributed by atoms with Crippen molar-refractivity contribution >= 4 is 0 Å². The molecule has 0 aliphatic rings. The molecule has 0 radical (unpaired) electrons. The molecule has 0 spiro atoms. The first-order valence-electron chi connectivity index (χ1n) is 9.76. The average molecular weight is 375 g/mol. The molecule has 0 saturated heterocycles. The molecule has 0 atom stereocenters. The van der Waals surface area contributed by atoms with Gasteiger partial charge in [-0.25, -0.2) is 0 Å². The summed E-state index contributed by atoms with van der Waals surface area (Å²) in [6.07, 6.45) is 0. The Kier molecular flexibility index (Phi) is 5.22. The van der Waals surface area contributed by atoms with Crippen molar-refractivity contribution in [1.82, 2.24) is 0 Å². The molecule has 3 aromatic rings. The van der Waals surface area contributed by atoms with Gasteiger partial charge in [0.15, 0.2) is 0 Å². The van der Waals surface area contributed by atoms with Crippen molar-refractivity contribution in [3.63, 3.8) is 0 Å². The van der Waals surface area contributed by atoms with E-state index in [9.17, 15) is 10.2 Å². The Morgan fingerprint density at radius 3 is 1.14 bits per heavy atom. The van der Waals surface area contributed by atoms with Crippen LogP contribution in [0.15, 0.2) is 60.7 Å². The van der Waals surface area contributed by atoms with Gasteiger partial charge in [-0.05, 0) is 86.1 Å². The highest BCUT2D eigenvalue weighted by molar-refractivity contribution is 5.80. The minimum atomic E-state index is -0.914. The standard InChI is InChI=1S/C26H30O2/c1-17-18(2)20(22-12-8-10-14-24(22)26(5,6)28)16-15-19(17)21-11-7-9-13-23(21)25(3,4)27/h7-16,27-28H,1-6H3. The minimum absolute atomic E-state index is 0.914. The molecule has 0 aromatic heterocycles. The van der Waals surface area contributed by atoms with E-state index in [1.165, 1.54) is 11.1 Å². The fourth-order valence-electron chi connectivity index (χ4n) is 3.91. The quantitative estimate of drug-likeness (QED) is 0.580. The largest absolute Gasteiger partial charge is 0.386 e. The van der Waals surface area contributed by atoms with Gasteiger partial charge >= 0.3 is 0 Å². The molecule has 0 aliphatic heterocycles. The summed E-state index contributed by atoms with van der Waals surface area (Å²) >= 11 is 0. The van der Waals surface area contributed by atoms with Crippen LogP contribution >= 0.6 is 0 Å². The second-order valence-corrected chi connectivity index (χ2v) is 8.62. The lowest BCUT2D eigenvalue weighted by Crippen LogP contribution is -2.17. The molecule has 2 heteroatoms. The van der Waals surface area contributed by atoms with Crippen molar-refractivity contribution in [2.24, 2.45) is 0 Å². The Hall–Kier alpha value is -2.42. The maximum atomic E-state index is 10.6. The number of aliphatic hydroxyl groups is 2. The van der Waals surface area contributed by atoms with Gasteiger partial charge in [0.25, 0.3) is 0 Å². The van der Waals surface area contributed by atoms with Crippen molar-refractivity contribution in [1.29, 1.82) is 0 Å². The average Bonchev–Trinajstić information content (AvgIpc) is 2.62. The van der Waals surface area contributed by atoms with Gasteiger partial charge in [-0.1, -0.05) is 60.7 Å². The van der Waals surface area contributed by atoms with Crippen LogP contribution in [-0.2, 0) is 11.2 Å². The van der Waals surface area contributed by atoms with E-state index in [0.717, 1.165) is 33.4 Å². The zero-order valence-corrected chi connectivity index (χ0v) is 17.7. The molecule has 146 valence electrons. The van der Waals surface area contributed by atoms with Gasteiger partial charge in [0.2, 0.25) is 0 Å². The molecule has 2 N–H and O–H groups in total. The monoisotopic (exact) mass is 374 g/mol. The van der Waals surface area contributed by atoms with E-state index in [2.05, 4.69) is 38.1 Å². The number of benzene rings is 3. The van der Waals surface area contributed by atoms with E-state index in [4.69, 9.17) is 0 Å². The predicted octanol–water partition coefficient (Wildman–Crippen LogP) is 6.09. The summed E-state index contributed by atoms with van der Waals surface area (Å²) in [6, 6.07) is 20.3. The Labute approximate surface area is 168 Å². The molecular formula is C26H30O2. The highest BCUT2D eigenvalue weighted by atomic mass is 16.3. The van der Waals surface area contributed by atoms with Crippen LogP contribution < -0.4 is 0 Å². The Bertz CT molecular complexity index is 919. The SMILES string of the molecule is Cc1c(-c2ccccc2C(C)(C)O)ccc(-c2ccccc2C(C)(C)O)c1C. The maximum absolute atomic E-state index is 10.6. The first kappa shape index (κ1) is 20.3. The van der Waals surface area contributed by atoms with E-state index in [0.29, 0.717) is 0 Å². The number of rotatable bonds is 4. The fraction of sp³-hybridized carbons (Fsp3) is 0.308. The third-order valence-electron chi connectivity index (χ3n) is 5.54. The van der Waals surface area contributed by atoms with Gasteiger partial charge in [0.05, 0.1) is 11.2 Å². The van der Waals surface area contributed by atoms with Crippen molar-refractivity contribution in [2.75, 3.05) is 0 Å². The normalized spacial score (nSPS) is 12.3. The van der Waals surface area contributed by atoms with Gasteiger partial charge in [-0.2, -0.15) is 0 Å². The van der Waals surface area contributed by atoms with Crippen LogP contribution in [0.1, 0.15) is 49.9 Å². The molecule has 3 aromatic carbocycles. The zero-order chi connectivity index (χ0) is 20.7.